The average Bonchev–Trinajstić information content (AvgIpc) is 2.46. The van der Waals surface area contributed by atoms with Gasteiger partial charge >= 0.3 is 5.97 Å². The number of ether oxygens (including phenoxy) is 2. The van der Waals surface area contributed by atoms with Gasteiger partial charge in [0, 0.05) is 6.61 Å². The van der Waals surface area contributed by atoms with Crippen LogP contribution in [0.1, 0.15) is 24.2 Å². The van der Waals surface area contributed by atoms with Crippen LogP contribution in [0.15, 0.2) is 24.5 Å². The number of hydrogen-bond acceptors (Lipinski definition) is 5. The zero-order valence-electron chi connectivity index (χ0n) is 12.1. The maximum Gasteiger partial charge on any atom is 0.335 e. The van der Waals surface area contributed by atoms with Crippen molar-refractivity contribution in [2.24, 2.45) is 5.92 Å². The Hall–Kier alpha value is -2.21. The Morgan fingerprint density at radius 2 is 2.10 bits per heavy atom. The Balaban J connectivity index is 2.05. The van der Waals surface area contributed by atoms with Crippen molar-refractivity contribution in [3.63, 3.8) is 0 Å². The number of fused-ring (bicyclic) bond motifs is 1. The Morgan fingerprint density at radius 3 is 2.81 bits per heavy atom. The number of carboxylic acid groups (broad SMARTS) is 1. The maximum atomic E-state index is 10.9. The van der Waals surface area contributed by atoms with Gasteiger partial charge in [0.05, 0.1) is 23.1 Å². The molecule has 6 nitrogen and oxygen atoms in total. The first-order valence-corrected chi connectivity index (χ1v) is 6.76. The molecule has 0 aliphatic carbocycles. The quantitative estimate of drug-likeness (QED) is 0.788. The van der Waals surface area contributed by atoms with Gasteiger partial charge in [0.2, 0.25) is 5.88 Å². The summed E-state index contributed by atoms with van der Waals surface area (Å²) in [4.78, 5) is 19.1. The van der Waals surface area contributed by atoms with Gasteiger partial charge in [-0.3, -0.25) is 0 Å². The van der Waals surface area contributed by atoms with E-state index in [4.69, 9.17) is 14.6 Å². The summed E-state index contributed by atoms with van der Waals surface area (Å²) in [5.41, 5.74) is 0.732. The van der Waals surface area contributed by atoms with E-state index in [1.54, 1.807) is 6.07 Å². The average molecular weight is 290 g/mol. The summed E-state index contributed by atoms with van der Waals surface area (Å²) < 4.78 is 11.0. The van der Waals surface area contributed by atoms with Gasteiger partial charge in [-0.2, -0.15) is 0 Å². The van der Waals surface area contributed by atoms with Crippen molar-refractivity contribution in [3.8, 4) is 5.88 Å². The molecule has 0 fully saturated rings. The summed E-state index contributed by atoms with van der Waals surface area (Å²) in [5.74, 6) is -0.0653. The first kappa shape index (κ1) is 15.2. The van der Waals surface area contributed by atoms with Crippen LogP contribution >= 0.6 is 0 Å². The standard InChI is InChI=1S/C15H18N2O4/c1-10(2)8-20-5-6-21-14-12-4-3-11(15(18)19)7-13(12)16-9-17-14/h3-4,7,9-10H,5-6,8H2,1-2H3,(H,18,19). The summed E-state index contributed by atoms with van der Waals surface area (Å²) in [6.07, 6.45) is 1.36. The molecule has 2 aromatic rings. The fourth-order valence-corrected chi connectivity index (χ4v) is 1.80. The summed E-state index contributed by atoms with van der Waals surface area (Å²) in [5, 5.41) is 9.65. The van der Waals surface area contributed by atoms with Gasteiger partial charge in [0.25, 0.3) is 0 Å². The third-order valence-corrected chi connectivity index (χ3v) is 2.76. The molecule has 1 N–H and O–H groups in total. The molecule has 1 heterocycles. The number of carboxylic acids is 1. The first-order valence-electron chi connectivity index (χ1n) is 6.76. The van der Waals surface area contributed by atoms with Crippen LogP contribution in [0.2, 0.25) is 0 Å². The van der Waals surface area contributed by atoms with E-state index in [0.29, 0.717) is 42.5 Å². The van der Waals surface area contributed by atoms with Gasteiger partial charge in [-0.1, -0.05) is 13.8 Å². The highest BCUT2D eigenvalue weighted by Gasteiger charge is 2.09. The van der Waals surface area contributed by atoms with Crippen LogP contribution in [0.5, 0.6) is 5.88 Å². The lowest BCUT2D eigenvalue weighted by atomic mass is 10.1. The molecule has 0 aliphatic heterocycles. The normalized spacial score (nSPS) is 11.0. The summed E-state index contributed by atoms with van der Waals surface area (Å²) in [6.45, 7) is 5.73. The van der Waals surface area contributed by atoms with Gasteiger partial charge < -0.3 is 14.6 Å². The van der Waals surface area contributed by atoms with Gasteiger partial charge in [0.15, 0.2) is 0 Å². The highest BCUT2D eigenvalue weighted by Crippen LogP contribution is 2.22. The minimum Gasteiger partial charge on any atom is -0.478 e. The molecule has 0 radical (unpaired) electrons. The molecule has 21 heavy (non-hydrogen) atoms. The minimum atomic E-state index is -0.986. The zero-order chi connectivity index (χ0) is 15.2. The van der Waals surface area contributed by atoms with Crippen molar-refractivity contribution >= 4 is 16.9 Å². The second-order valence-electron chi connectivity index (χ2n) is 5.03. The van der Waals surface area contributed by atoms with Gasteiger partial charge in [-0.05, 0) is 24.1 Å². The van der Waals surface area contributed by atoms with Crippen molar-refractivity contribution < 1.29 is 19.4 Å². The second kappa shape index (κ2) is 6.99. The van der Waals surface area contributed by atoms with Crippen molar-refractivity contribution in [1.82, 2.24) is 9.97 Å². The SMILES string of the molecule is CC(C)COCCOc1ncnc2cc(C(=O)O)ccc12. The molecule has 0 amide bonds. The lowest BCUT2D eigenvalue weighted by molar-refractivity contribution is 0.0697. The highest BCUT2D eigenvalue weighted by molar-refractivity contribution is 5.94. The van der Waals surface area contributed by atoms with Crippen molar-refractivity contribution in [2.75, 3.05) is 19.8 Å². The second-order valence-corrected chi connectivity index (χ2v) is 5.03. The summed E-state index contributed by atoms with van der Waals surface area (Å²) in [6, 6.07) is 4.67. The first-order chi connectivity index (χ1) is 10.1. The molecule has 6 heteroatoms. The van der Waals surface area contributed by atoms with Crippen molar-refractivity contribution in [3.05, 3.63) is 30.1 Å². The smallest absolute Gasteiger partial charge is 0.335 e. The van der Waals surface area contributed by atoms with Gasteiger partial charge in [-0.15, -0.1) is 0 Å². The number of aromatic nitrogens is 2. The molecule has 0 spiro atoms. The predicted octanol–water partition coefficient (Wildman–Crippen LogP) is 2.38. The fraction of sp³-hybridized carbons (Fsp3) is 0.400. The van der Waals surface area contributed by atoms with Crippen LogP contribution in [0, 0.1) is 5.92 Å². The number of benzene rings is 1. The summed E-state index contributed by atoms with van der Waals surface area (Å²) in [7, 11) is 0. The third-order valence-electron chi connectivity index (χ3n) is 2.76. The molecule has 112 valence electrons. The van der Waals surface area contributed by atoms with Crippen LogP contribution in [-0.2, 0) is 4.74 Å². The van der Waals surface area contributed by atoms with Crippen LogP contribution in [0.25, 0.3) is 10.9 Å². The Labute approximate surface area is 122 Å². The van der Waals surface area contributed by atoms with Crippen molar-refractivity contribution in [2.45, 2.75) is 13.8 Å². The Morgan fingerprint density at radius 1 is 1.29 bits per heavy atom. The number of hydrogen-bond donors (Lipinski definition) is 1. The van der Waals surface area contributed by atoms with E-state index in [-0.39, 0.29) is 5.56 Å². The number of nitrogens with zero attached hydrogens (tertiary/aromatic N) is 2. The van der Waals surface area contributed by atoms with Crippen LogP contribution < -0.4 is 4.74 Å². The molecule has 0 saturated carbocycles. The molecule has 2 rings (SSSR count). The molecule has 0 unspecified atom stereocenters. The molecule has 0 bridgehead atoms. The number of aromatic carboxylic acids is 1. The lowest BCUT2D eigenvalue weighted by Gasteiger charge is -2.09. The minimum absolute atomic E-state index is 0.187. The Bertz CT molecular complexity index is 628. The van der Waals surface area contributed by atoms with Gasteiger partial charge in [0.1, 0.15) is 12.9 Å². The maximum absolute atomic E-state index is 10.9. The molecular formula is C15H18N2O4. The van der Waals surface area contributed by atoms with Crippen LogP contribution in [-0.4, -0.2) is 40.9 Å². The molecular weight excluding hydrogens is 272 g/mol. The molecule has 0 aliphatic rings. The number of carbonyl (C=O) groups is 1. The largest absolute Gasteiger partial charge is 0.478 e. The van der Waals surface area contributed by atoms with Crippen LogP contribution in [0.3, 0.4) is 0 Å². The topological polar surface area (TPSA) is 81.5 Å². The van der Waals surface area contributed by atoms with E-state index in [1.807, 2.05) is 0 Å². The van der Waals surface area contributed by atoms with E-state index < -0.39 is 5.97 Å². The molecule has 0 saturated heterocycles. The highest BCUT2D eigenvalue weighted by atomic mass is 16.5. The zero-order valence-corrected chi connectivity index (χ0v) is 12.1. The molecule has 1 aromatic carbocycles. The van der Waals surface area contributed by atoms with Crippen molar-refractivity contribution in [1.29, 1.82) is 0 Å². The van der Waals surface area contributed by atoms with E-state index in [1.165, 1.54) is 18.5 Å². The fourth-order valence-electron chi connectivity index (χ4n) is 1.80. The Kier molecular flexibility index (Phi) is 5.05. The summed E-state index contributed by atoms with van der Waals surface area (Å²) >= 11 is 0. The lowest BCUT2D eigenvalue weighted by Crippen LogP contribution is -2.11. The van der Waals surface area contributed by atoms with E-state index in [0.717, 1.165) is 0 Å². The van der Waals surface area contributed by atoms with Gasteiger partial charge in [-0.25, -0.2) is 14.8 Å². The third kappa shape index (κ3) is 4.13. The molecule has 0 atom stereocenters. The monoisotopic (exact) mass is 290 g/mol. The molecule has 1 aromatic heterocycles. The number of rotatable bonds is 7. The van der Waals surface area contributed by atoms with E-state index >= 15 is 0 Å². The van der Waals surface area contributed by atoms with E-state index in [9.17, 15) is 4.79 Å². The predicted molar refractivity (Wildman–Crippen MR) is 77.6 cm³/mol. The van der Waals surface area contributed by atoms with E-state index in [2.05, 4.69) is 23.8 Å². The van der Waals surface area contributed by atoms with Crippen LogP contribution in [0.4, 0.5) is 0 Å².